The molecule has 0 bridgehead atoms. The van der Waals surface area contributed by atoms with E-state index in [1.165, 1.54) is 6.07 Å². The van der Waals surface area contributed by atoms with Crippen LogP contribution >= 0.6 is 0 Å². The molecule has 0 N–H and O–H groups in total. The lowest BCUT2D eigenvalue weighted by Crippen LogP contribution is -2.26. The SMILES string of the molecule is CC[C@@H]1O[C@@H](c2ccccc2)Oc2c1oc(C)cc2=O. The van der Waals surface area contributed by atoms with Gasteiger partial charge in [0.25, 0.3) is 0 Å². The Morgan fingerprint density at radius 2 is 1.95 bits per heavy atom. The number of benzene rings is 1. The normalized spacial score (nSPS) is 21.1. The fourth-order valence-electron chi connectivity index (χ4n) is 2.33. The highest BCUT2D eigenvalue weighted by Gasteiger charge is 2.33. The second-order valence-corrected chi connectivity index (χ2v) is 4.81. The van der Waals surface area contributed by atoms with Crippen molar-refractivity contribution in [2.75, 3.05) is 0 Å². The van der Waals surface area contributed by atoms with E-state index < -0.39 is 6.29 Å². The Bertz CT molecular complexity index is 660. The molecule has 0 saturated heterocycles. The first-order valence-corrected chi connectivity index (χ1v) is 6.70. The van der Waals surface area contributed by atoms with Crippen molar-refractivity contribution in [1.29, 1.82) is 0 Å². The third kappa shape index (κ3) is 2.23. The molecule has 104 valence electrons. The first-order valence-electron chi connectivity index (χ1n) is 6.70. The first-order chi connectivity index (χ1) is 9.69. The predicted molar refractivity (Wildman–Crippen MR) is 73.6 cm³/mol. The molecular weight excluding hydrogens is 256 g/mol. The summed E-state index contributed by atoms with van der Waals surface area (Å²) >= 11 is 0. The zero-order valence-electron chi connectivity index (χ0n) is 11.5. The predicted octanol–water partition coefficient (Wildman–Crippen LogP) is 3.51. The van der Waals surface area contributed by atoms with Crippen LogP contribution in [0.2, 0.25) is 0 Å². The van der Waals surface area contributed by atoms with Crippen LogP contribution in [0.15, 0.2) is 45.6 Å². The van der Waals surface area contributed by atoms with Gasteiger partial charge in [0.1, 0.15) is 11.9 Å². The average molecular weight is 272 g/mol. The maximum absolute atomic E-state index is 12.1. The van der Waals surface area contributed by atoms with Crippen molar-refractivity contribution in [2.45, 2.75) is 32.7 Å². The molecule has 1 aromatic heterocycles. The minimum Gasteiger partial charge on any atom is -0.459 e. The smallest absolute Gasteiger partial charge is 0.227 e. The maximum atomic E-state index is 12.1. The van der Waals surface area contributed by atoms with Gasteiger partial charge in [0, 0.05) is 11.6 Å². The number of ether oxygens (including phenoxy) is 2. The quantitative estimate of drug-likeness (QED) is 0.839. The molecule has 2 aromatic rings. The second kappa shape index (κ2) is 5.13. The van der Waals surface area contributed by atoms with E-state index >= 15 is 0 Å². The molecule has 0 amide bonds. The zero-order chi connectivity index (χ0) is 14.1. The summed E-state index contributed by atoms with van der Waals surface area (Å²) in [5.41, 5.74) is 0.725. The molecule has 1 aromatic carbocycles. The van der Waals surface area contributed by atoms with E-state index in [-0.39, 0.29) is 17.3 Å². The summed E-state index contributed by atoms with van der Waals surface area (Å²) in [7, 11) is 0. The van der Waals surface area contributed by atoms with E-state index in [2.05, 4.69) is 0 Å². The molecule has 0 fully saturated rings. The second-order valence-electron chi connectivity index (χ2n) is 4.81. The maximum Gasteiger partial charge on any atom is 0.227 e. The van der Waals surface area contributed by atoms with Crippen molar-refractivity contribution >= 4 is 0 Å². The summed E-state index contributed by atoms with van der Waals surface area (Å²) in [6.07, 6.45) is -0.123. The van der Waals surface area contributed by atoms with Crippen molar-refractivity contribution in [3.8, 4) is 5.75 Å². The van der Waals surface area contributed by atoms with Crippen molar-refractivity contribution < 1.29 is 13.9 Å². The molecular formula is C16H16O4. The van der Waals surface area contributed by atoms with E-state index in [0.29, 0.717) is 17.9 Å². The topological polar surface area (TPSA) is 48.7 Å². The fourth-order valence-corrected chi connectivity index (χ4v) is 2.33. The molecule has 4 nitrogen and oxygen atoms in total. The van der Waals surface area contributed by atoms with Gasteiger partial charge < -0.3 is 13.9 Å². The molecule has 2 heterocycles. The van der Waals surface area contributed by atoms with Crippen LogP contribution in [0.1, 0.15) is 42.8 Å². The van der Waals surface area contributed by atoms with Crippen LogP contribution in [0, 0.1) is 6.92 Å². The minimum atomic E-state index is -0.570. The molecule has 20 heavy (non-hydrogen) atoms. The van der Waals surface area contributed by atoms with Crippen LogP contribution in [0.3, 0.4) is 0 Å². The van der Waals surface area contributed by atoms with Gasteiger partial charge in [-0.05, 0) is 13.3 Å². The number of hydrogen-bond acceptors (Lipinski definition) is 4. The highest BCUT2D eigenvalue weighted by atomic mass is 16.7. The van der Waals surface area contributed by atoms with Gasteiger partial charge >= 0.3 is 0 Å². The standard InChI is InChI=1S/C16H16O4/c1-3-13-15-14(12(17)9-10(2)18-15)20-16(19-13)11-7-5-4-6-8-11/h4-9,13,16H,3H2,1-2H3/t13-,16+/m0/s1. The van der Waals surface area contributed by atoms with Crippen LogP contribution in [0.4, 0.5) is 0 Å². The highest BCUT2D eigenvalue weighted by molar-refractivity contribution is 5.31. The van der Waals surface area contributed by atoms with Gasteiger partial charge in [0.05, 0.1) is 0 Å². The summed E-state index contributed by atoms with van der Waals surface area (Å²) in [4.78, 5) is 12.1. The van der Waals surface area contributed by atoms with Gasteiger partial charge in [-0.15, -0.1) is 0 Å². The zero-order valence-corrected chi connectivity index (χ0v) is 11.5. The third-order valence-electron chi connectivity index (χ3n) is 3.30. The summed E-state index contributed by atoms with van der Waals surface area (Å²) < 4.78 is 17.2. The molecule has 4 heteroatoms. The van der Waals surface area contributed by atoms with E-state index in [9.17, 15) is 4.79 Å². The summed E-state index contributed by atoms with van der Waals surface area (Å²) in [6, 6.07) is 11.0. The molecule has 1 aliphatic rings. The Balaban J connectivity index is 2.04. The molecule has 0 aliphatic carbocycles. The van der Waals surface area contributed by atoms with Crippen LogP contribution in [0.5, 0.6) is 5.75 Å². The van der Waals surface area contributed by atoms with Crippen molar-refractivity contribution in [1.82, 2.24) is 0 Å². The highest BCUT2D eigenvalue weighted by Crippen LogP contribution is 2.39. The van der Waals surface area contributed by atoms with Gasteiger partial charge in [0.15, 0.2) is 5.76 Å². The van der Waals surface area contributed by atoms with E-state index in [1.807, 2.05) is 37.3 Å². The molecule has 1 aliphatic heterocycles. The van der Waals surface area contributed by atoms with Gasteiger partial charge in [-0.2, -0.15) is 0 Å². The van der Waals surface area contributed by atoms with Crippen molar-refractivity contribution in [3.05, 3.63) is 63.7 Å². The molecule has 0 radical (unpaired) electrons. The number of fused-ring (bicyclic) bond motifs is 1. The molecule has 0 unspecified atom stereocenters. The van der Waals surface area contributed by atoms with E-state index in [1.54, 1.807) is 6.92 Å². The Morgan fingerprint density at radius 1 is 1.20 bits per heavy atom. The Hall–Kier alpha value is -2.07. The Labute approximate surface area is 117 Å². The van der Waals surface area contributed by atoms with Crippen LogP contribution in [-0.2, 0) is 4.74 Å². The summed E-state index contributed by atoms with van der Waals surface area (Å²) in [5.74, 6) is 1.32. The van der Waals surface area contributed by atoms with Gasteiger partial charge in [-0.1, -0.05) is 37.3 Å². The number of aryl methyl sites for hydroxylation is 1. The fraction of sp³-hybridized carbons (Fsp3) is 0.312. The molecule has 3 rings (SSSR count). The summed E-state index contributed by atoms with van der Waals surface area (Å²) in [5, 5.41) is 0. The van der Waals surface area contributed by atoms with E-state index in [4.69, 9.17) is 13.9 Å². The summed E-state index contributed by atoms with van der Waals surface area (Å²) in [6.45, 7) is 3.74. The van der Waals surface area contributed by atoms with Crippen LogP contribution in [0.25, 0.3) is 0 Å². The molecule has 2 atom stereocenters. The average Bonchev–Trinajstić information content (AvgIpc) is 2.47. The van der Waals surface area contributed by atoms with E-state index in [0.717, 1.165) is 5.56 Å². The van der Waals surface area contributed by atoms with Gasteiger partial charge in [0.2, 0.25) is 17.5 Å². The van der Waals surface area contributed by atoms with Crippen molar-refractivity contribution in [3.63, 3.8) is 0 Å². The van der Waals surface area contributed by atoms with Crippen LogP contribution in [-0.4, -0.2) is 0 Å². The Morgan fingerprint density at radius 3 is 2.65 bits per heavy atom. The molecule has 0 saturated carbocycles. The lowest BCUT2D eigenvalue weighted by atomic mass is 10.1. The number of rotatable bonds is 2. The monoisotopic (exact) mass is 272 g/mol. The van der Waals surface area contributed by atoms with Crippen LogP contribution < -0.4 is 10.2 Å². The Kier molecular flexibility index (Phi) is 3.32. The van der Waals surface area contributed by atoms with Gasteiger partial charge in [-0.3, -0.25) is 4.79 Å². The third-order valence-corrected chi connectivity index (χ3v) is 3.30. The molecule has 0 spiro atoms. The van der Waals surface area contributed by atoms with Crippen molar-refractivity contribution in [2.24, 2.45) is 0 Å². The lowest BCUT2D eigenvalue weighted by molar-refractivity contribution is -0.155. The largest absolute Gasteiger partial charge is 0.459 e. The minimum absolute atomic E-state index is 0.161. The number of hydrogen-bond donors (Lipinski definition) is 0. The van der Waals surface area contributed by atoms with Gasteiger partial charge in [-0.25, -0.2) is 0 Å². The first kappa shape index (κ1) is 12.9. The lowest BCUT2D eigenvalue weighted by Gasteiger charge is -2.30.